The predicted octanol–water partition coefficient (Wildman–Crippen LogP) is 5.46. The predicted molar refractivity (Wildman–Crippen MR) is 80.7 cm³/mol. The SMILES string of the molecule is C/C=C\C=C(/C)CCC(=O)C(C)(C)CCCCC. The fourth-order valence-corrected chi connectivity index (χ4v) is 1.95. The highest BCUT2D eigenvalue weighted by molar-refractivity contribution is 5.84. The molecule has 0 heterocycles. The van der Waals surface area contributed by atoms with Crippen LogP contribution in [0.15, 0.2) is 23.8 Å². The highest BCUT2D eigenvalue weighted by Crippen LogP contribution is 2.27. The van der Waals surface area contributed by atoms with Crippen LogP contribution in [0.5, 0.6) is 0 Å². The molecule has 0 amide bonds. The van der Waals surface area contributed by atoms with Gasteiger partial charge < -0.3 is 0 Å². The molecule has 0 saturated carbocycles. The fraction of sp³-hybridized carbons (Fsp3) is 0.706. The third-order valence-electron chi connectivity index (χ3n) is 3.48. The van der Waals surface area contributed by atoms with Gasteiger partial charge in [-0.15, -0.1) is 0 Å². The Kier molecular flexibility index (Phi) is 8.70. The minimum absolute atomic E-state index is 0.143. The van der Waals surface area contributed by atoms with Crippen LogP contribution in [0.4, 0.5) is 0 Å². The summed E-state index contributed by atoms with van der Waals surface area (Å²) in [6, 6.07) is 0. The first-order chi connectivity index (χ1) is 8.44. The lowest BCUT2D eigenvalue weighted by atomic mass is 9.80. The van der Waals surface area contributed by atoms with Crippen LogP contribution in [-0.2, 0) is 4.79 Å². The lowest BCUT2D eigenvalue weighted by molar-refractivity contribution is -0.127. The van der Waals surface area contributed by atoms with Crippen LogP contribution in [0.2, 0.25) is 0 Å². The van der Waals surface area contributed by atoms with Crippen molar-refractivity contribution in [2.24, 2.45) is 5.41 Å². The van der Waals surface area contributed by atoms with Crippen molar-refractivity contribution in [2.45, 2.75) is 73.1 Å². The van der Waals surface area contributed by atoms with Gasteiger partial charge in [0.15, 0.2) is 0 Å². The van der Waals surface area contributed by atoms with Crippen LogP contribution in [0.3, 0.4) is 0 Å². The van der Waals surface area contributed by atoms with Gasteiger partial charge in [0.1, 0.15) is 5.78 Å². The molecule has 0 fully saturated rings. The summed E-state index contributed by atoms with van der Waals surface area (Å²) in [7, 11) is 0. The van der Waals surface area contributed by atoms with Gasteiger partial charge in [-0.2, -0.15) is 0 Å². The number of Topliss-reactive ketones (excluding diaryl/α,β-unsaturated/α-hetero) is 1. The maximum Gasteiger partial charge on any atom is 0.138 e. The molecule has 104 valence electrons. The molecule has 0 spiro atoms. The van der Waals surface area contributed by atoms with E-state index >= 15 is 0 Å². The smallest absolute Gasteiger partial charge is 0.138 e. The van der Waals surface area contributed by atoms with Gasteiger partial charge >= 0.3 is 0 Å². The molecule has 0 rings (SSSR count). The van der Waals surface area contributed by atoms with Crippen LogP contribution in [-0.4, -0.2) is 5.78 Å². The van der Waals surface area contributed by atoms with Crippen molar-refractivity contribution in [1.82, 2.24) is 0 Å². The van der Waals surface area contributed by atoms with Gasteiger partial charge in [0.2, 0.25) is 0 Å². The number of hydrogen-bond acceptors (Lipinski definition) is 1. The highest BCUT2D eigenvalue weighted by atomic mass is 16.1. The molecule has 0 atom stereocenters. The molecule has 0 aromatic heterocycles. The lowest BCUT2D eigenvalue weighted by Crippen LogP contribution is -2.24. The van der Waals surface area contributed by atoms with Crippen LogP contribution < -0.4 is 0 Å². The van der Waals surface area contributed by atoms with Crippen LogP contribution in [0, 0.1) is 5.41 Å². The fourth-order valence-electron chi connectivity index (χ4n) is 1.95. The van der Waals surface area contributed by atoms with E-state index in [0.29, 0.717) is 12.2 Å². The zero-order valence-corrected chi connectivity index (χ0v) is 12.9. The molecule has 0 aliphatic heterocycles. The van der Waals surface area contributed by atoms with E-state index in [-0.39, 0.29) is 5.41 Å². The maximum absolute atomic E-state index is 12.2. The number of rotatable bonds is 9. The standard InChI is InChI=1S/C17H30O/c1-6-8-10-14-17(4,5)16(18)13-12-15(3)11-9-7-2/h7,9,11H,6,8,10,12-14H2,1-5H3/b9-7-,15-11+. The Morgan fingerprint density at radius 3 is 2.39 bits per heavy atom. The van der Waals surface area contributed by atoms with Gasteiger partial charge in [-0.25, -0.2) is 0 Å². The average Bonchev–Trinajstić information content (AvgIpc) is 2.33. The number of allylic oxidation sites excluding steroid dienone is 4. The summed E-state index contributed by atoms with van der Waals surface area (Å²) in [4.78, 5) is 12.2. The Balaban J connectivity index is 4.14. The largest absolute Gasteiger partial charge is 0.299 e. The highest BCUT2D eigenvalue weighted by Gasteiger charge is 2.25. The molecule has 1 nitrogen and oxygen atoms in total. The Morgan fingerprint density at radius 2 is 1.83 bits per heavy atom. The first kappa shape index (κ1) is 17.2. The van der Waals surface area contributed by atoms with Crippen molar-refractivity contribution in [3.05, 3.63) is 23.8 Å². The van der Waals surface area contributed by atoms with Crippen molar-refractivity contribution in [2.75, 3.05) is 0 Å². The summed E-state index contributed by atoms with van der Waals surface area (Å²) >= 11 is 0. The van der Waals surface area contributed by atoms with E-state index in [1.165, 1.54) is 24.8 Å². The third kappa shape index (κ3) is 7.47. The Labute approximate surface area is 113 Å². The average molecular weight is 250 g/mol. The normalized spacial score (nSPS) is 13.3. The van der Waals surface area contributed by atoms with Crippen molar-refractivity contribution in [1.29, 1.82) is 0 Å². The van der Waals surface area contributed by atoms with Crippen LogP contribution >= 0.6 is 0 Å². The second-order valence-electron chi connectivity index (χ2n) is 5.80. The van der Waals surface area contributed by atoms with Crippen molar-refractivity contribution in [3.63, 3.8) is 0 Å². The number of carbonyl (C=O) groups excluding carboxylic acids is 1. The molecular formula is C17H30O. The van der Waals surface area contributed by atoms with Crippen LogP contribution in [0.25, 0.3) is 0 Å². The number of carbonyl (C=O) groups is 1. The molecule has 0 aromatic carbocycles. The van der Waals surface area contributed by atoms with Gasteiger partial charge in [0, 0.05) is 11.8 Å². The van der Waals surface area contributed by atoms with E-state index < -0.39 is 0 Å². The summed E-state index contributed by atoms with van der Waals surface area (Å²) in [6.07, 6.45) is 12.4. The molecular weight excluding hydrogens is 220 g/mol. The lowest BCUT2D eigenvalue weighted by Gasteiger charge is -2.23. The Morgan fingerprint density at radius 1 is 1.17 bits per heavy atom. The topological polar surface area (TPSA) is 17.1 Å². The molecule has 0 radical (unpaired) electrons. The van der Waals surface area contributed by atoms with E-state index in [1.807, 2.05) is 19.1 Å². The van der Waals surface area contributed by atoms with E-state index in [1.54, 1.807) is 0 Å². The third-order valence-corrected chi connectivity index (χ3v) is 3.48. The van der Waals surface area contributed by atoms with Gasteiger partial charge in [-0.3, -0.25) is 4.79 Å². The number of ketones is 1. The number of unbranched alkanes of at least 4 members (excludes halogenated alkanes) is 2. The molecule has 18 heavy (non-hydrogen) atoms. The van der Waals surface area contributed by atoms with Crippen molar-refractivity contribution in [3.8, 4) is 0 Å². The number of hydrogen-bond donors (Lipinski definition) is 0. The zero-order valence-electron chi connectivity index (χ0n) is 12.9. The molecule has 0 unspecified atom stereocenters. The minimum atomic E-state index is -0.143. The second-order valence-corrected chi connectivity index (χ2v) is 5.80. The molecule has 1 heteroatoms. The first-order valence-electron chi connectivity index (χ1n) is 7.25. The van der Waals surface area contributed by atoms with Gasteiger partial charge in [0.05, 0.1) is 0 Å². The van der Waals surface area contributed by atoms with Crippen molar-refractivity contribution < 1.29 is 4.79 Å². The summed E-state index contributed by atoms with van der Waals surface area (Å²) in [5.74, 6) is 0.409. The van der Waals surface area contributed by atoms with E-state index in [0.717, 1.165) is 12.8 Å². The molecule has 0 aliphatic carbocycles. The van der Waals surface area contributed by atoms with Crippen LogP contribution in [0.1, 0.15) is 73.1 Å². The summed E-state index contributed by atoms with van der Waals surface area (Å²) in [6.45, 7) is 10.5. The minimum Gasteiger partial charge on any atom is -0.299 e. The van der Waals surface area contributed by atoms with E-state index in [2.05, 4.69) is 33.8 Å². The first-order valence-corrected chi connectivity index (χ1v) is 7.25. The molecule has 0 aliphatic rings. The van der Waals surface area contributed by atoms with Crippen molar-refractivity contribution >= 4 is 5.78 Å². The summed E-state index contributed by atoms with van der Waals surface area (Å²) < 4.78 is 0. The Bertz CT molecular complexity index is 295. The van der Waals surface area contributed by atoms with Gasteiger partial charge in [-0.1, -0.05) is 63.8 Å². The second kappa shape index (κ2) is 9.13. The molecule has 0 saturated heterocycles. The summed E-state index contributed by atoms with van der Waals surface area (Å²) in [5, 5.41) is 0. The monoisotopic (exact) mass is 250 g/mol. The Hall–Kier alpha value is -0.850. The zero-order chi connectivity index (χ0) is 14.0. The molecule has 0 N–H and O–H groups in total. The van der Waals surface area contributed by atoms with Gasteiger partial charge in [0.25, 0.3) is 0 Å². The quantitative estimate of drug-likeness (QED) is 0.392. The van der Waals surface area contributed by atoms with Gasteiger partial charge in [-0.05, 0) is 26.7 Å². The van der Waals surface area contributed by atoms with E-state index in [9.17, 15) is 4.79 Å². The molecule has 0 bridgehead atoms. The summed E-state index contributed by atoms with van der Waals surface area (Å²) in [5.41, 5.74) is 1.14. The van der Waals surface area contributed by atoms with E-state index in [4.69, 9.17) is 0 Å². The molecule has 0 aromatic rings. The maximum atomic E-state index is 12.2.